The zero-order valence-corrected chi connectivity index (χ0v) is 9.62. The van der Waals surface area contributed by atoms with Gasteiger partial charge < -0.3 is 9.88 Å². The molecule has 1 amide bonds. The van der Waals surface area contributed by atoms with Gasteiger partial charge in [-0.1, -0.05) is 15.9 Å². The number of halogens is 1. The van der Waals surface area contributed by atoms with Crippen LogP contribution in [0.2, 0.25) is 0 Å². The van der Waals surface area contributed by atoms with Crippen molar-refractivity contribution in [2.75, 3.05) is 11.9 Å². The number of aromatic nitrogens is 3. The van der Waals surface area contributed by atoms with E-state index in [4.69, 9.17) is 0 Å². The monoisotopic (exact) mass is 260 g/mol. The van der Waals surface area contributed by atoms with E-state index in [1.807, 2.05) is 11.6 Å². The van der Waals surface area contributed by atoms with Gasteiger partial charge in [-0.3, -0.25) is 4.79 Å². The van der Waals surface area contributed by atoms with Gasteiger partial charge in [0.2, 0.25) is 5.91 Å². The maximum atomic E-state index is 11.1. The van der Waals surface area contributed by atoms with Gasteiger partial charge in [0.05, 0.1) is 0 Å². The van der Waals surface area contributed by atoms with Gasteiger partial charge >= 0.3 is 0 Å². The van der Waals surface area contributed by atoms with Crippen LogP contribution in [0.25, 0.3) is 0 Å². The molecular weight excluding hydrogens is 248 g/mol. The van der Waals surface area contributed by atoms with Gasteiger partial charge in [-0.15, -0.1) is 10.2 Å². The Labute approximate surface area is 91.0 Å². The normalized spacial score (nSPS) is 10.1. The first-order valence-electron chi connectivity index (χ1n) is 4.39. The predicted octanol–water partition coefficient (Wildman–Crippen LogP) is 0.259. The van der Waals surface area contributed by atoms with Gasteiger partial charge in [0.1, 0.15) is 12.2 Å². The van der Waals surface area contributed by atoms with E-state index in [1.165, 1.54) is 0 Å². The molecule has 0 fully saturated rings. The van der Waals surface area contributed by atoms with E-state index < -0.39 is 0 Å². The SMILES string of the molecule is Cn1cnnc1CCNC(=O)CCBr. The third kappa shape index (κ3) is 3.45. The molecule has 0 aliphatic carbocycles. The van der Waals surface area contributed by atoms with Crippen LogP contribution in [0, 0.1) is 0 Å². The summed E-state index contributed by atoms with van der Waals surface area (Å²) in [7, 11) is 1.88. The molecule has 0 saturated carbocycles. The summed E-state index contributed by atoms with van der Waals surface area (Å²) in [6.45, 7) is 0.609. The van der Waals surface area contributed by atoms with E-state index in [-0.39, 0.29) is 5.91 Å². The van der Waals surface area contributed by atoms with Gasteiger partial charge in [0, 0.05) is 31.8 Å². The molecule has 0 atom stereocenters. The molecule has 1 heterocycles. The number of rotatable bonds is 5. The summed E-state index contributed by atoms with van der Waals surface area (Å²) in [5.74, 6) is 0.938. The summed E-state index contributed by atoms with van der Waals surface area (Å²) in [5, 5.41) is 11.2. The van der Waals surface area contributed by atoms with Crippen molar-refractivity contribution in [3.05, 3.63) is 12.2 Å². The number of amides is 1. The summed E-state index contributed by atoms with van der Waals surface area (Å²) in [6.07, 6.45) is 2.87. The van der Waals surface area contributed by atoms with Crippen molar-refractivity contribution >= 4 is 21.8 Å². The van der Waals surface area contributed by atoms with E-state index in [1.54, 1.807) is 6.33 Å². The maximum Gasteiger partial charge on any atom is 0.220 e. The molecule has 0 bridgehead atoms. The zero-order valence-electron chi connectivity index (χ0n) is 8.03. The minimum absolute atomic E-state index is 0.0593. The summed E-state index contributed by atoms with van der Waals surface area (Å²) in [4.78, 5) is 11.1. The summed E-state index contributed by atoms with van der Waals surface area (Å²) in [6, 6.07) is 0. The maximum absolute atomic E-state index is 11.1. The third-order valence-electron chi connectivity index (χ3n) is 1.80. The molecule has 0 unspecified atom stereocenters. The topological polar surface area (TPSA) is 59.8 Å². The van der Waals surface area contributed by atoms with Gasteiger partial charge in [0.25, 0.3) is 0 Å². The first-order valence-corrected chi connectivity index (χ1v) is 5.51. The Balaban J connectivity index is 2.22. The zero-order chi connectivity index (χ0) is 10.4. The second-order valence-electron chi connectivity index (χ2n) is 2.90. The van der Waals surface area contributed by atoms with Crippen molar-refractivity contribution in [1.29, 1.82) is 0 Å². The number of hydrogen-bond acceptors (Lipinski definition) is 3. The number of alkyl halides is 1. The number of carbonyl (C=O) groups excluding carboxylic acids is 1. The van der Waals surface area contributed by atoms with Crippen molar-refractivity contribution in [2.24, 2.45) is 7.05 Å². The van der Waals surface area contributed by atoms with Crippen molar-refractivity contribution in [3.63, 3.8) is 0 Å². The first kappa shape index (κ1) is 11.2. The Hall–Kier alpha value is -0.910. The van der Waals surface area contributed by atoms with E-state index in [0.717, 1.165) is 5.82 Å². The Morgan fingerprint density at radius 3 is 3.07 bits per heavy atom. The fourth-order valence-corrected chi connectivity index (χ4v) is 1.38. The van der Waals surface area contributed by atoms with E-state index >= 15 is 0 Å². The lowest BCUT2D eigenvalue weighted by molar-refractivity contribution is -0.120. The number of carbonyl (C=O) groups is 1. The molecule has 0 aliphatic rings. The third-order valence-corrected chi connectivity index (χ3v) is 2.19. The lowest BCUT2D eigenvalue weighted by Crippen LogP contribution is -2.26. The molecule has 5 nitrogen and oxygen atoms in total. The Morgan fingerprint density at radius 1 is 1.71 bits per heavy atom. The summed E-state index contributed by atoms with van der Waals surface area (Å²) >= 11 is 3.20. The van der Waals surface area contributed by atoms with Crippen molar-refractivity contribution in [2.45, 2.75) is 12.8 Å². The minimum atomic E-state index is 0.0593. The molecule has 0 aromatic carbocycles. The van der Waals surface area contributed by atoms with Crippen molar-refractivity contribution < 1.29 is 4.79 Å². The number of aryl methyl sites for hydroxylation is 1. The quantitative estimate of drug-likeness (QED) is 0.773. The first-order chi connectivity index (χ1) is 6.74. The van der Waals surface area contributed by atoms with Gasteiger partial charge in [-0.05, 0) is 0 Å². The molecule has 0 spiro atoms. The molecule has 0 aliphatic heterocycles. The van der Waals surface area contributed by atoms with Crippen LogP contribution in [-0.4, -0.2) is 32.5 Å². The van der Waals surface area contributed by atoms with Crippen LogP contribution in [0.1, 0.15) is 12.2 Å². The lowest BCUT2D eigenvalue weighted by Gasteiger charge is -2.02. The number of nitrogens with zero attached hydrogens (tertiary/aromatic N) is 3. The van der Waals surface area contributed by atoms with Crippen molar-refractivity contribution in [1.82, 2.24) is 20.1 Å². The van der Waals surface area contributed by atoms with Crippen LogP contribution in [0.15, 0.2) is 6.33 Å². The van der Waals surface area contributed by atoms with Crippen LogP contribution in [0.5, 0.6) is 0 Å². The van der Waals surface area contributed by atoms with Gasteiger partial charge in [0.15, 0.2) is 0 Å². The average Bonchev–Trinajstić information content (AvgIpc) is 2.52. The highest BCUT2D eigenvalue weighted by atomic mass is 79.9. The molecule has 1 aromatic rings. The van der Waals surface area contributed by atoms with Crippen LogP contribution in [0.4, 0.5) is 0 Å². The average molecular weight is 261 g/mol. The Morgan fingerprint density at radius 2 is 2.50 bits per heavy atom. The largest absolute Gasteiger partial charge is 0.356 e. The van der Waals surface area contributed by atoms with Crippen LogP contribution < -0.4 is 5.32 Å². The molecule has 1 rings (SSSR count). The molecule has 0 radical (unpaired) electrons. The van der Waals surface area contributed by atoms with Crippen LogP contribution in [-0.2, 0) is 18.3 Å². The van der Waals surface area contributed by atoms with E-state index in [9.17, 15) is 4.79 Å². The number of nitrogens with one attached hydrogen (secondary N) is 1. The van der Waals surface area contributed by atoms with E-state index in [2.05, 4.69) is 31.4 Å². The van der Waals surface area contributed by atoms with Gasteiger partial charge in [-0.2, -0.15) is 0 Å². The minimum Gasteiger partial charge on any atom is -0.356 e. The highest BCUT2D eigenvalue weighted by Gasteiger charge is 2.02. The molecule has 14 heavy (non-hydrogen) atoms. The smallest absolute Gasteiger partial charge is 0.220 e. The highest BCUT2D eigenvalue weighted by Crippen LogP contribution is 1.92. The standard InChI is InChI=1S/C8H13BrN4O/c1-13-6-11-12-7(13)3-5-10-8(14)2-4-9/h6H,2-5H2,1H3,(H,10,14). The lowest BCUT2D eigenvalue weighted by atomic mass is 10.3. The fraction of sp³-hybridized carbons (Fsp3) is 0.625. The predicted molar refractivity (Wildman–Crippen MR) is 56.1 cm³/mol. The Bertz CT molecular complexity index is 299. The molecule has 0 saturated heterocycles. The Kier molecular flexibility index (Phi) is 4.58. The summed E-state index contributed by atoms with van der Waals surface area (Å²) < 4.78 is 1.84. The molecule has 1 aromatic heterocycles. The summed E-state index contributed by atoms with van der Waals surface area (Å²) in [5.41, 5.74) is 0. The van der Waals surface area contributed by atoms with Crippen LogP contribution in [0.3, 0.4) is 0 Å². The second kappa shape index (κ2) is 5.74. The van der Waals surface area contributed by atoms with Crippen molar-refractivity contribution in [3.8, 4) is 0 Å². The molecule has 1 N–H and O–H groups in total. The van der Waals surface area contributed by atoms with Crippen LogP contribution >= 0.6 is 15.9 Å². The molecule has 78 valence electrons. The van der Waals surface area contributed by atoms with E-state index in [0.29, 0.717) is 24.7 Å². The number of hydrogen-bond donors (Lipinski definition) is 1. The molecular formula is C8H13BrN4O. The molecule has 6 heteroatoms. The fourth-order valence-electron chi connectivity index (χ4n) is 1.02. The van der Waals surface area contributed by atoms with Gasteiger partial charge in [-0.25, -0.2) is 0 Å². The second-order valence-corrected chi connectivity index (χ2v) is 3.69. The highest BCUT2D eigenvalue weighted by molar-refractivity contribution is 9.09.